The summed E-state index contributed by atoms with van der Waals surface area (Å²) in [6.45, 7) is 10.3. The zero-order valence-corrected chi connectivity index (χ0v) is 28.1. The molecule has 0 aliphatic carbocycles. The largest absolute Gasteiger partial charge is 0.497 e. The van der Waals surface area contributed by atoms with Crippen molar-refractivity contribution in [1.82, 2.24) is 19.8 Å². The molecule has 0 spiro atoms. The van der Waals surface area contributed by atoms with Crippen molar-refractivity contribution in [1.29, 1.82) is 0 Å². The minimum Gasteiger partial charge on any atom is -0.497 e. The Morgan fingerprint density at radius 1 is 0.956 bits per heavy atom. The summed E-state index contributed by atoms with van der Waals surface area (Å²) in [5.74, 6) is 1.68. The van der Waals surface area contributed by atoms with Crippen molar-refractivity contribution in [2.75, 3.05) is 86.5 Å². The highest BCUT2D eigenvalue weighted by atomic mass is 35.5. The molecule has 0 unspecified atom stereocenters. The molecule has 5 rings (SSSR count). The van der Waals surface area contributed by atoms with Crippen LogP contribution in [-0.2, 0) is 10.0 Å². The number of hydrogen-bond acceptors (Lipinski definition) is 11. The molecule has 12 nitrogen and oxygen atoms in total. The van der Waals surface area contributed by atoms with Crippen molar-refractivity contribution in [3.63, 3.8) is 0 Å². The second-order valence-electron chi connectivity index (χ2n) is 11.5. The molecule has 0 bridgehead atoms. The lowest BCUT2D eigenvalue weighted by atomic mass is 10.0. The first-order valence-corrected chi connectivity index (χ1v) is 17.2. The van der Waals surface area contributed by atoms with E-state index in [2.05, 4.69) is 60.1 Å². The van der Waals surface area contributed by atoms with E-state index in [-0.39, 0.29) is 10.8 Å². The van der Waals surface area contributed by atoms with Crippen molar-refractivity contribution in [3.05, 3.63) is 47.1 Å². The maximum atomic E-state index is 12.3. The Balaban J connectivity index is 1.32. The van der Waals surface area contributed by atoms with E-state index in [0.29, 0.717) is 40.7 Å². The number of piperazine rings is 1. The Hall–Kier alpha value is -3.52. The molecule has 0 amide bonds. The van der Waals surface area contributed by atoms with Crippen LogP contribution >= 0.6 is 11.6 Å². The molecule has 3 aromatic rings. The van der Waals surface area contributed by atoms with Gasteiger partial charge >= 0.3 is 0 Å². The average molecular weight is 659 g/mol. The van der Waals surface area contributed by atoms with Gasteiger partial charge in [-0.2, -0.15) is 4.98 Å². The highest BCUT2D eigenvalue weighted by molar-refractivity contribution is 7.92. The normalized spacial score (nSPS) is 16.8. The zero-order valence-electron chi connectivity index (χ0n) is 26.6. The first-order valence-electron chi connectivity index (χ1n) is 15.2. The Morgan fingerprint density at radius 3 is 2.36 bits per heavy atom. The maximum Gasteiger partial charge on any atom is 0.232 e. The number of anilines is 6. The van der Waals surface area contributed by atoms with Gasteiger partial charge in [0, 0.05) is 63.1 Å². The average Bonchev–Trinajstić information content (AvgIpc) is 3.04. The van der Waals surface area contributed by atoms with E-state index in [1.54, 1.807) is 32.2 Å². The van der Waals surface area contributed by atoms with Crippen LogP contribution in [0.3, 0.4) is 0 Å². The third kappa shape index (κ3) is 8.01. The number of sulfonamides is 1. The maximum absolute atomic E-state index is 12.3. The number of piperidine rings is 1. The van der Waals surface area contributed by atoms with Gasteiger partial charge < -0.3 is 29.9 Å². The molecule has 2 aliphatic heterocycles. The second-order valence-corrected chi connectivity index (χ2v) is 13.9. The zero-order chi connectivity index (χ0) is 32.1. The first-order chi connectivity index (χ1) is 21.6. The lowest BCUT2D eigenvalue weighted by molar-refractivity contribution is 0.0982. The molecular formula is C31H43ClN8O4S. The smallest absolute Gasteiger partial charge is 0.232 e. The molecule has 2 aromatic carbocycles. The number of aromatic nitrogens is 2. The number of ether oxygens (including phenoxy) is 2. The number of likely N-dealkylation sites (N-methyl/N-ethyl adjacent to an activating group) is 1. The van der Waals surface area contributed by atoms with E-state index < -0.39 is 10.0 Å². The van der Waals surface area contributed by atoms with Crippen molar-refractivity contribution in [2.24, 2.45) is 0 Å². The van der Waals surface area contributed by atoms with Crippen LogP contribution in [0.5, 0.6) is 11.5 Å². The number of hydrogen-bond donors (Lipinski definition) is 3. The van der Waals surface area contributed by atoms with Crippen LogP contribution in [0.1, 0.15) is 25.3 Å². The molecule has 244 valence electrons. The van der Waals surface area contributed by atoms with E-state index in [1.165, 1.54) is 13.3 Å². The molecule has 0 radical (unpaired) electrons. The van der Waals surface area contributed by atoms with Gasteiger partial charge in [-0.3, -0.25) is 9.62 Å². The molecule has 2 saturated heterocycles. The molecule has 3 heterocycles. The number of rotatable bonds is 11. The quantitative estimate of drug-likeness (QED) is 0.260. The number of nitrogens with zero attached hydrogens (tertiary/aromatic N) is 5. The lowest BCUT2D eigenvalue weighted by Gasteiger charge is -2.43. The molecule has 0 saturated carbocycles. The van der Waals surface area contributed by atoms with Crippen molar-refractivity contribution < 1.29 is 17.9 Å². The first kappa shape index (κ1) is 32.9. The summed E-state index contributed by atoms with van der Waals surface area (Å²) < 4.78 is 38.3. The van der Waals surface area contributed by atoms with Gasteiger partial charge in [-0.15, -0.1) is 0 Å². The second kappa shape index (κ2) is 14.3. The Labute approximate surface area is 271 Å². The van der Waals surface area contributed by atoms with Gasteiger partial charge in [0.25, 0.3) is 0 Å². The lowest BCUT2D eigenvalue weighted by Crippen LogP contribution is -2.52. The third-order valence-electron chi connectivity index (χ3n) is 8.49. The Morgan fingerprint density at radius 2 is 1.69 bits per heavy atom. The van der Waals surface area contributed by atoms with E-state index in [0.717, 1.165) is 69.0 Å². The van der Waals surface area contributed by atoms with Crippen LogP contribution in [0.4, 0.5) is 34.5 Å². The standard InChI is InChI=1S/C31H43ClN8O4S/c1-6-45(41,42)37-26-18-23(43-4)7-8-25(26)34-30-24(32)20-33-31(36-30)35-27-17-21(2)28(19-29(27)44-5)40-11-9-22(10-12-40)39-15-13-38(3)14-16-39/h7-8,17-20,22,37H,6,9-16H2,1-5H3,(H2,33,34,35,36). The SMILES string of the molecule is CCS(=O)(=O)Nc1cc(OC)ccc1Nc1nc(Nc2cc(C)c(N3CCC(N4CCN(C)CC4)CC3)cc2OC)ncc1Cl. The minimum atomic E-state index is -3.55. The molecule has 2 aliphatic rings. The fraction of sp³-hybridized carbons (Fsp3) is 0.484. The van der Waals surface area contributed by atoms with Crippen LogP contribution in [0.2, 0.25) is 5.02 Å². The summed E-state index contributed by atoms with van der Waals surface area (Å²) in [7, 11) is 1.81. The van der Waals surface area contributed by atoms with Gasteiger partial charge in [-0.25, -0.2) is 13.4 Å². The summed E-state index contributed by atoms with van der Waals surface area (Å²) in [5.41, 5.74) is 3.76. The van der Waals surface area contributed by atoms with Crippen LogP contribution in [0.15, 0.2) is 36.5 Å². The number of methoxy groups -OCH3 is 2. The van der Waals surface area contributed by atoms with Crippen molar-refractivity contribution in [3.8, 4) is 11.5 Å². The predicted molar refractivity (Wildman–Crippen MR) is 182 cm³/mol. The number of halogens is 1. The van der Waals surface area contributed by atoms with E-state index >= 15 is 0 Å². The fourth-order valence-corrected chi connectivity index (χ4v) is 6.58. The summed E-state index contributed by atoms with van der Waals surface area (Å²) in [4.78, 5) is 16.5. The van der Waals surface area contributed by atoms with Gasteiger partial charge in [0.1, 0.15) is 16.5 Å². The van der Waals surface area contributed by atoms with E-state index in [4.69, 9.17) is 21.1 Å². The number of benzene rings is 2. The summed E-state index contributed by atoms with van der Waals surface area (Å²) in [5, 5.41) is 6.68. The van der Waals surface area contributed by atoms with Crippen LogP contribution < -0.4 is 29.7 Å². The number of nitrogens with one attached hydrogen (secondary N) is 3. The van der Waals surface area contributed by atoms with Gasteiger partial charge in [-0.1, -0.05) is 11.6 Å². The molecule has 0 atom stereocenters. The van der Waals surface area contributed by atoms with Crippen molar-refractivity contribution in [2.45, 2.75) is 32.7 Å². The Bertz CT molecular complexity index is 1590. The van der Waals surface area contributed by atoms with Gasteiger partial charge in [0.2, 0.25) is 16.0 Å². The van der Waals surface area contributed by atoms with E-state index in [1.807, 2.05) is 6.07 Å². The van der Waals surface area contributed by atoms with Crippen molar-refractivity contribution >= 4 is 56.1 Å². The highest BCUT2D eigenvalue weighted by Crippen LogP contribution is 2.37. The predicted octanol–water partition coefficient (Wildman–Crippen LogP) is 4.92. The monoisotopic (exact) mass is 658 g/mol. The molecular weight excluding hydrogens is 616 g/mol. The van der Waals surface area contributed by atoms with Gasteiger partial charge in [0.15, 0.2) is 5.82 Å². The van der Waals surface area contributed by atoms with Crippen LogP contribution in [-0.4, -0.2) is 101 Å². The summed E-state index contributed by atoms with van der Waals surface area (Å²) in [6, 6.07) is 9.76. The summed E-state index contributed by atoms with van der Waals surface area (Å²) >= 11 is 6.46. The third-order valence-corrected chi connectivity index (χ3v) is 10.1. The topological polar surface area (TPSA) is 124 Å². The number of aryl methyl sites for hydroxylation is 1. The van der Waals surface area contributed by atoms with E-state index in [9.17, 15) is 8.42 Å². The fourth-order valence-electron chi connectivity index (χ4n) is 5.79. The Kier molecular flexibility index (Phi) is 10.4. The minimum absolute atomic E-state index is 0.0824. The van der Waals surface area contributed by atoms with Gasteiger partial charge in [-0.05, 0) is 57.5 Å². The van der Waals surface area contributed by atoms with Gasteiger partial charge in [0.05, 0.1) is 43.2 Å². The molecule has 2 fully saturated rings. The van der Waals surface area contributed by atoms with Crippen LogP contribution in [0.25, 0.3) is 0 Å². The summed E-state index contributed by atoms with van der Waals surface area (Å²) in [6.07, 6.45) is 3.78. The molecule has 45 heavy (non-hydrogen) atoms. The molecule has 14 heteroatoms. The molecule has 1 aromatic heterocycles. The highest BCUT2D eigenvalue weighted by Gasteiger charge is 2.28. The molecule has 3 N–H and O–H groups in total. The van der Waals surface area contributed by atoms with Crippen LogP contribution in [0, 0.1) is 6.92 Å².